The Labute approximate surface area is 102 Å². The molecule has 2 nitrogen and oxygen atoms in total. The van der Waals surface area contributed by atoms with E-state index in [1.54, 1.807) is 12.1 Å². The number of aryl methyl sites for hydroxylation is 2. The Balaban J connectivity index is 2.90. The highest BCUT2D eigenvalue weighted by atomic mass is 79.9. The Morgan fingerprint density at radius 3 is 2.75 bits per heavy atom. The standard InChI is InChI=1S/C12H12BrFN2/c1-3-7-5-8-10(14)9(13)4-6(2)11(8)16-12(7)15/h4-5H,3H2,1-2H3,(H2,15,16). The van der Waals surface area contributed by atoms with Crippen LogP contribution in [0, 0.1) is 12.7 Å². The quantitative estimate of drug-likeness (QED) is 0.868. The molecule has 2 aromatic rings. The second-order valence-corrected chi connectivity index (χ2v) is 4.63. The molecule has 0 saturated heterocycles. The van der Waals surface area contributed by atoms with Crippen LogP contribution in [0.25, 0.3) is 10.9 Å². The molecule has 1 heterocycles. The van der Waals surface area contributed by atoms with Gasteiger partial charge >= 0.3 is 0 Å². The second-order valence-electron chi connectivity index (χ2n) is 3.77. The molecule has 0 aliphatic rings. The average molecular weight is 283 g/mol. The van der Waals surface area contributed by atoms with E-state index in [0.29, 0.717) is 21.2 Å². The summed E-state index contributed by atoms with van der Waals surface area (Å²) in [5.74, 6) is 0.211. The summed E-state index contributed by atoms with van der Waals surface area (Å²) < 4.78 is 14.4. The fraction of sp³-hybridized carbons (Fsp3) is 0.250. The number of anilines is 1. The minimum Gasteiger partial charge on any atom is -0.383 e. The maximum Gasteiger partial charge on any atom is 0.146 e. The van der Waals surface area contributed by atoms with Crippen LogP contribution in [0.4, 0.5) is 10.2 Å². The number of rotatable bonds is 1. The van der Waals surface area contributed by atoms with Crippen LogP contribution in [0.1, 0.15) is 18.1 Å². The van der Waals surface area contributed by atoms with Gasteiger partial charge in [-0.25, -0.2) is 9.37 Å². The van der Waals surface area contributed by atoms with Crippen LogP contribution >= 0.6 is 15.9 Å². The van der Waals surface area contributed by atoms with Gasteiger partial charge in [0.15, 0.2) is 0 Å². The molecule has 84 valence electrons. The monoisotopic (exact) mass is 282 g/mol. The zero-order valence-corrected chi connectivity index (χ0v) is 10.7. The number of aromatic nitrogens is 1. The van der Waals surface area contributed by atoms with Gasteiger partial charge < -0.3 is 5.73 Å². The fourth-order valence-electron chi connectivity index (χ4n) is 1.77. The lowest BCUT2D eigenvalue weighted by Gasteiger charge is -2.09. The zero-order valence-electron chi connectivity index (χ0n) is 9.14. The highest BCUT2D eigenvalue weighted by Gasteiger charge is 2.11. The van der Waals surface area contributed by atoms with Crippen LogP contribution in [0.2, 0.25) is 0 Å². The number of fused-ring (bicyclic) bond motifs is 1. The number of hydrogen-bond donors (Lipinski definition) is 1. The van der Waals surface area contributed by atoms with Crippen LogP contribution in [-0.4, -0.2) is 4.98 Å². The normalized spacial score (nSPS) is 11.0. The molecular formula is C12H12BrFN2. The highest BCUT2D eigenvalue weighted by molar-refractivity contribution is 9.10. The summed E-state index contributed by atoms with van der Waals surface area (Å²) in [6.07, 6.45) is 0.750. The highest BCUT2D eigenvalue weighted by Crippen LogP contribution is 2.29. The van der Waals surface area contributed by atoms with Crippen molar-refractivity contribution in [2.45, 2.75) is 20.3 Å². The number of pyridine rings is 1. The summed E-state index contributed by atoms with van der Waals surface area (Å²) in [6.45, 7) is 3.87. The van der Waals surface area contributed by atoms with E-state index in [1.165, 1.54) is 0 Å². The Hall–Kier alpha value is -1.16. The van der Waals surface area contributed by atoms with E-state index < -0.39 is 0 Å². The first kappa shape index (κ1) is 11.3. The van der Waals surface area contributed by atoms with Crippen molar-refractivity contribution in [3.05, 3.63) is 33.5 Å². The third-order valence-corrected chi connectivity index (χ3v) is 3.26. The van der Waals surface area contributed by atoms with E-state index in [2.05, 4.69) is 20.9 Å². The summed E-state index contributed by atoms with van der Waals surface area (Å²) in [6, 6.07) is 3.50. The summed E-state index contributed by atoms with van der Waals surface area (Å²) in [4.78, 5) is 4.26. The Bertz CT molecular complexity index is 567. The molecule has 2 rings (SSSR count). The summed E-state index contributed by atoms with van der Waals surface area (Å²) in [5, 5.41) is 0.526. The Morgan fingerprint density at radius 1 is 1.44 bits per heavy atom. The van der Waals surface area contributed by atoms with Crippen LogP contribution in [0.3, 0.4) is 0 Å². The lowest BCUT2D eigenvalue weighted by molar-refractivity contribution is 0.632. The van der Waals surface area contributed by atoms with Crippen molar-refractivity contribution in [3.8, 4) is 0 Å². The van der Waals surface area contributed by atoms with E-state index in [9.17, 15) is 4.39 Å². The van der Waals surface area contributed by atoms with Gasteiger partial charge in [-0.1, -0.05) is 6.92 Å². The van der Waals surface area contributed by atoms with Crippen molar-refractivity contribution in [2.24, 2.45) is 0 Å². The number of nitrogens with zero attached hydrogens (tertiary/aromatic N) is 1. The summed E-state index contributed by atoms with van der Waals surface area (Å²) in [5.41, 5.74) is 8.24. The first-order chi connectivity index (χ1) is 7.54. The summed E-state index contributed by atoms with van der Waals surface area (Å²) in [7, 11) is 0. The SMILES string of the molecule is CCc1cc2c(F)c(Br)cc(C)c2nc1N. The lowest BCUT2D eigenvalue weighted by atomic mass is 10.1. The van der Waals surface area contributed by atoms with E-state index in [0.717, 1.165) is 17.5 Å². The van der Waals surface area contributed by atoms with Gasteiger partial charge in [-0.3, -0.25) is 0 Å². The van der Waals surface area contributed by atoms with Gasteiger partial charge in [-0.2, -0.15) is 0 Å². The molecule has 0 aliphatic carbocycles. The van der Waals surface area contributed by atoms with Crippen LogP contribution in [-0.2, 0) is 6.42 Å². The minimum absolute atomic E-state index is 0.275. The minimum atomic E-state index is -0.275. The first-order valence-corrected chi connectivity index (χ1v) is 5.87. The maximum atomic E-state index is 13.9. The number of nitrogens with two attached hydrogens (primary N) is 1. The van der Waals surface area contributed by atoms with E-state index in [1.807, 2.05) is 13.8 Å². The fourth-order valence-corrected chi connectivity index (χ4v) is 2.33. The molecule has 4 heteroatoms. The molecular weight excluding hydrogens is 271 g/mol. The third-order valence-electron chi connectivity index (χ3n) is 2.68. The Kier molecular flexibility index (Phi) is 2.84. The topological polar surface area (TPSA) is 38.9 Å². The molecule has 16 heavy (non-hydrogen) atoms. The molecule has 1 aromatic heterocycles. The molecule has 1 aromatic carbocycles. The number of benzene rings is 1. The molecule has 0 unspecified atom stereocenters. The molecule has 0 atom stereocenters. The molecule has 0 aliphatic heterocycles. The van der Waals surface area contributed by atoms with Crippen molar-refractivity contribution in [1.29, 1.82) is 0 Å². The van der Waals surface area contributed by atoms with E-state index >= 15 is 0 Å². The van der Waals surface area contributed by atoms with Gasteiger partial charge in [0.05, 0.1) is 9.99 Å². The number of halogens is 2. The van der Waals surface area contributed by atoms with Crippen molar-refractivity contribution < 1.29 is 4.39 Å². The predicted molar refractivity (Wildman–Crippen MR) is 67.9 cm³/mol. The number of nitrogen functional groups attached to an aromatic ring is 1. The van der Waals surface area contributed by atoms with Crippen molar-refractivity contribution >= 4 is 32.7 Å². The molecule has 2 N–H and O–H groups in total. The van der Waals surface area contributed by atoms with Crippen LogP contribution in [0.5, 0.6) is 0 Å². The molecule has 0 bridgehead atoms. The van der Waals surface area contributed by atoms with Gasteiger partial charge in [0.25, 0.3) is 0 Å². The van der Waals surface area contributed by atoms with Crippen molar-refractivity contribution in [1.82, 2.24) is 4.98 Å². The zero-order chi connectivity index (χ0) is 11.9. The number of hydrogen-bond acceptors (Lipinski definition) is 2. The molecule has 0 radical (unpaired) electrons. The third kappa shape index (κ3) is 1.67. The molecule has 0 amide bonds. The van der Waals surface area contributed by atoms with Gasteiger partial charge in [0.1, 0.15) is 11.6 Å². The average Bonchev–Trinajstić information content (AvgIpc) is 2.25. The predicted octanol–water partition coefficient (Wildman–Crippen LogP) is 3.59. The second kappa shape index (κ2) is 4.01. The molecule has 0 spiro atoms. The molecule has 0 fully saturated rings. The Morgan fingerprint density at radius 2 is 2.12 bits per heavy atom. The van der Waals surface area contributed by atoms with Crippen LogP contribution < -0.4 is 5.73 Å². The van der Waals surface area contributed by atoms with E-state index in [4.69, 9.17) is 5.73 Å². The van der Waals surface area contributed by atoms with Gasteiger partial charge in [-0.15, -0.1) is 0 Å². The van der Waals surface area contributed by atoms with Gasteiger partial charge in [0.2, 0.25) is 0 Å². The van der Waals surface area contributed by atoms with Crippen molar-refractivity contribution in [3.63, 3.8) is 0 Å². The largest absolute Gasteiger partial charge is 0.383 e. The molecule has 0 saturated carbocycles. The van der Waals surface area contributed by atoms with Crippen molar-refractivity contribution in [2.75, 3.05) is 5.73 Å². The lowest BCUT2D eigenvalue weighted by Crippen LogP contribution is -1.99. The van der Waals surface area contributed by atoms with Gasteiger partial charge in [-0.05, 0) is 52.5 Å². The smallest absolute Gasteiger partial charge is 0.146 e. The van der Waals surface area contributed by atoms with E-state index in [-0.39, 0.29) is 5.82 Å². The maximum absolute atomic E-state index is 13.9. The van der Waals surface area contributed by atoms with Gasteiger partial charge in [0, 0.05) is 5.39 Å². The summed E-state index contributed by atoms with van der Waals surface area (Å²) >= 11 is 3.20. The first-order valence-electron chi connectivity index (χ1n) is 5.08. The van der Waals surface area contributed by atoms with Crippen LogP contribution in [0.15, 0.2) is 16.6 Å².